The van der Waals surface area contributed by atoms with Crippen molar-refractivity contribution in [3.05, 3.63) is 0 Å². The van der Waals surface area contributed by atoms with E-state index in [0.29, 0.717) is 0 Å². The van der Waals surface area contributed by atoms with Crippen LogP contribution in [0, 0.1) is 0 Å². The molecule has 0 amide bonds. The standard InChI is InChI=1S/C8H17NO6.C2H6O/c10-2-1-9-3-5(12)7(14)8(15)6(13)4-11;1-2-3/h3,5-8,10-15H,1-2,4H2;3H,2H2,1H3. The highest BCUT2D eigenvalue weighted by Gasteiger charge is 2.28. The number of aliphatic hydroxyl groups is 7. The minimum absolute atomic E-state index is 0.0719. The SMILES string of the molecule is CCO.OCCN=CC(O)C(O)C(O)C(O)CO. The second-order valence-electron chi connectivity index (χ2n) is 3.32. The summed E-state index contributed by atoms with van der Waals surface area (Å²) in [5.41, 5.74) is 0. The molecule has 0 aromatic heterocycles. The van der Waals surface area contributed by atoms with Crippen molar-refractivity contribution < 1.29 is 35.7 Å². The molecule has 7 N–H and O–H groups in total. The quantitative estimate of drug-likeness (QED) is 0.236. The number of aliphatic imine (C=N–C) groups is 1. The van der Waals surface area contributed by atoms with Gasteiger partial charge in [-0.15, -0.1) is 0 Å². The van der Waals surface area contributed by atoms with E-state index in [1.807, 2.05) is 0 Å². The van der Waals surface area contributed by atoms with Crippen molar-refractivity contribution in [3.8, 4) is 0 Å². The van der Waals surface area contributed by atoms with Crippen molar-refractivity contribution >= 4 is 6.21 Å². The summed E-state index contributed by atoms with van der Waals surface area (Å²) in [6, 6.07) is 0. The normalized spacial score (nSPS) is 17.8. The van der Waals surface area contributed by atoms with E-state index in [-0.39, 0.29) is 19.8 Å². The van der Waals surface area contributed by atoms with Crippen molar-refractivity contribution in [1.82, 2.24) is 0 Å². The van der Waals surface area contributed by atoms with Gasteiger partial charge in [-0.25, -0.2) is 0 Å². The topological polar surface area (TPSA) is 154 Å². The van der Waals surface area contributed by atoms with Gasteiger partial charge in [0.25, 0.3) is 0 Å². The molecule has 0 aromatic carbocycles. The highest BCUT2D eigenvalue weighted by Crippen LogP contribution is 2.03. The highest BCUT2D eigenvalue weighted by molar-refractivity contribution is 5.63. The molecule has 0 aliphatic rings. The van der Waals surface area contributed by atoms with Crippen molar-refractivity contribution in [1.29, 1.82) is 0 Å². The first kappa shape index (κ1) is 19.7. The second-order valence-corrected chi connectivity index (χ2v) is 3.32. The van der Waals surface area contributed by atoms with Crippen LogP contribution in [0.1, 0.15) is 6.92 Å². The Labute approximate surface area is 105 Å². The molecule has 8 heteroatoms. The van der Waals surface area contributed by atoms with Crippen LogP contribution >= 0.6 is 0 Å². The number of hydrogen-bond acceptors (Lipinski definition) is 8. The van der Waals surface area contributed by atoms with Crippen LogP contribution in [0.4, 0.5) is 0 Å². The van der Waals surface area contributed by atoms with Gasteiger partial charge in [0, 0.05) is 12.8 Å². The zero-order valence-electron chi connectivity index (χ0n) is 10.3. The molecule has 0 saturated heterocycles. The van der Waals surface area contributed by atoms with Crippen LogP contribution in [0.3, 0.4) is 0 Å². The summed E-state index contributed by atoms with van der Waals surface area (Å²) >= 11 is 0. The first-order valence-electron chi connectivity index (χ1n) is 5.50. The Morgan fingerprint density at radius 1 is 1.00 bits per heavy atom. The summed E-state index contributed by atoms with van der Waals surface area (Å²) in [5, 5.41) is 61.1. The summed E-state index contributed by atoms with van der Waals surface area (Å²) in [7, 11) is 0. The molecule has 0 fully saturated rings. The van der Waals surface area contributed by atoms with Gasteiger partial charge in [0.15, 0.2) is 0 Å². The minimum atomic E-state index is -1.66. The lowest BCUT2D eigenvalue weighted by atomic mass is 10.0. The number of aliphatic hydroxyl groups excluding tert-OH is 7. The fourth-order valence-electron chi connectivity index (χ4n) is 0.866. The van der Waals surface area contributed by atoms with Gasteiger partial charge in [-0.1, -0.05) is 0 Å². The molecule has 0 aliphatic carbocycles. The molecule has 0 saturated carbocycles. The maximum Gasteiger partial charge on any atom is 0.117 e. The van der Waals surface area contributed by atoms with E-state index >= 15 is 0 Å². The van der Waals surface area contributed by atoms with Gasteiger partial charge >= 0.3 is 0 Å². The van der Waals surface area contributed by atoms with Crippen LogP contribution in [0.2, 0.25) is 0 Å². The maximum atomic E-state index is 9.26. The van der Waals surface area contributed by atoms with Crippen molar-refractivity contribution in [2.75, 3.05) is 26.4 Å². The summed E-state index contributed by atoms with van der Waals surface area (Å²) in [5.74, 6) is 0. The molecule has 0 radical (unpaired) electrons. The Hall–Kier alpha value is -0.610. The average Bonchev–Trinajstić information content (AvgIpc) is 2.37. The van der Waals surface area contributed by atoms with Crippen molar-refractivity contribution in [2.45, 2.75) is 31.3 Å². The first-order valence-corrected chi connectivity index (χ1v) is 5.50. The molecule has 0 bridgehead atoms. The van der Waals surface area contributed by atoms with Crippen LogP contribution in [-0.4, -0.2) is 92.7 Å². The van der Waals surface area contributed by atoms with E-state index < -0.39 is 31.0 Å². The fourth-order valence-corrected chi connectivity index (χ4v) is 0.866. The lowest BCUT2D eigenvalue weighted by molar-refractivity contribution is -0.0999. The van der Waals surface area contributed by atoms with Gasteiger partial charge in [0.2, 0.25) is 0 Å². The smallest absolute Gasteiger partial charge is 0.117 e. The summed E-state index contributed by atoms with van der Waals surface area (Å²) in [6.45, 7) is 1.09. The van der Waals surface area contributed by atoms with Crippen LogP contribution < -0.4 is 0 Å². The maximum absolute atomic E-state index is 9.26. The molecule has 8 nitrogen and oxygen atoms in total. The van der Waals surface area contributed by atoms with Gasteiger partial charge in [-0.2, -0.15) is 0 Å². The van der Waals surface area contributed by atoms with Crippen LogP contribution in [0.5, 0.6) is 0 Å². The van der Waals surface area contributed by atoms with Gasteiger partial charge in [0.1, 0.15) is 24.4 Å². The molecule has 4 atom stereocenters. The average molecular weight is 269 g/mol. The molecule has 18 heavy (non-hydrogen) atoms. The fraction of sp³-hybridized carbons (Fsp3) is 0.900. The molecule has 0 aromatic rings. The van der Waals surface area contributed by atoms with E-state index in [0.717, 1.165) is 6.21 Å². The third kappa shape index (κ3) is 9.42. The third-order valence-corrected chi connectivity index (χ3v) is 1.77. The summed E-state index contributed by atoms with van der Waals surface area (Å²) < 4.78 is 0. The molecule has 0 rings (SSSR count). The predicted octanol–water partition coefficient (Wildman–Crippen LogP) is -3.52. The van der Waals surface area contributed by atoms with E-state index in [9.17, 15) is 15.3 Å². The second kappa shape index (κ2) is 12.8. The zero-order valence-corrected chi connectivity index (χ0v) is 10.3. The van der Waals surface area contributed by atoms with Crippen LogP contribution in [-0.2, 0) is 0 Å². The Bertz CT molecular complexity index is 203. The zero-order chi connectivity index (χ0) is 14.6. The highest BCUT2D eigenvalue weighted by atomic mass is 16.4. The monoisotopic (exact) mass is 269 g/mol. The molecule has 0 spiro atoms. The predicted molar refractivity (Wildman–Crippen MR) is 64.3 cm³/mol. The summed E-state index contributed by atoms with van der Waals surface area (Å²) in [6.07, 6.45) is -5.34. The Balaban J connectivity index is 0. The number of hydrogen-bond donors (Lipinski definition) is 7. The first-order chi connectivity index (χ1) is 8.45. The molecule has 0 heterocycles. The lowest BCUT2D eigenvalue weighted by Crippen LogP contribution is -2.46. The molecule has 0 aliphatic heterocycles. The largest absolute Gasteiger partial charge is 0.397 e. The van der Waals surface area contributed by atoms with Crippen molar-refractivity contribution in [2.24, 2.45) is 4.99 Å². The molecular weight excluding hydrogens is 246 g/mol. The summed E-state index contributed by atoms with van der Waals surface area (Å²) in [4.78, 5) is 3.54. The lowest BCUT2D eigenvalue weighted by Gasteiger charge is -2.23. The van der Waals surface area contributed by atoms with Gasteiger partial charge in [-0.3, -0.25) is 4.99 Å². The molecule has 110 valence electrons. The third-order valence-electron chi connectivity index (χ3n) is 1.77. The van der Waals surface area contributed by atoms with E-state index in [2.05, 4.69) is 4.99 Å². The minimum Gasteiger partial charge on any atom is -0.397 e. The number of rotatable bonds is 7. The number of nitrogens with zero attached hydrogens (tertiary/aromatic N) is 1. The van der Waals surface area contributed by atoms with Crippen LogP contribution in [0.25, 0.3) is 0 Å². The van der Waals surface area contributed by atoms with Gasteiger partial charge in [-0.05, 0) is 6.92 Å². The van der Waals surface area contributed by atoms with E-state index in [1.165, 1.54) is 0 Å². The Morgan fingerprint density at radius 3 is 1.89 bits per heavy atom. The van der Waals surface area contributed by atoms with E-state index in [1.54, 1.807) is 6.92 Å². The Morgan fingerprint density at radius 2 is 1.50 bits per heavy atom. The van der Waals surface area contributed by atoms with Gasteiger partial charge < -0.3 is 35.7 Å². The van der Waals surface area contributed by atoms with Gasteiger partial charge in [0.05, 0.1) is 19.8 Å². The van der Waals surface area contributed by atoms with Crippen LogP contribution in [0.15, 0.2) is 4.99 Å². The Kier molecular flexibility index (Phi) is 14.1. The van der Waals surface area contributed by atoms with Crippen molar-refractivity contribution in [3.63, 3.8) is 0 Å². The molecule has 4 unspecified atom stereocenters. The molecular formula is C10H23NO7. The van der Waals surface area contributed by atoms with E-state index in [4.69, 9.17) is 20.4 Å².